The summed E-state index contributed by atoms with van der Waals surface area (Å²) in [5, 5.41) is 6.04. The fraction of sp³-hybridized carbons (Fsp3) is 0.185. The number of rotatable bonds is 6. The molecule has 3 N–H and O–H groups in total. The number of nitrogens with one attached hydrogen (secondary N) is 3. The van der Waals surface area contributed by atoms with Crippen LogP contribution in [0.3, 0.4) is 0 Å². The van der Waals surface area contributed by atoms with E-state index in [9.17, 15) is 45.5 Å². The minimum atomic E-state index is -5.01. The molecule has 1 saturated carbocycles. The van der Waals surface area contributed by atoms with E-state index in [0.29, 0.717) is 18.2 Å². The van der Waals surface area contributed by atoms with E-state index in [0.717, 1.165) is 25.3 Å². The zero-order chi connectivity index (χ0) is 32.7. The summed E-state index contributed by atoms with van der Waals surface area (Å²) in [5.41, 5.74) is -3.76. The van der Waals surface area contributed by atoms with E-state index in [1.54, 1.807) is 5.32 Å². The zero-order valence-electron chi connectivity index (χ0n) is 21.7. The summed E-state index contributed by atoms with van der Waals surface area (Å²) in [5.74, 6) is -11.5. The van der Waals surface area contributed by atoms with Crippen molar-refractivity contribution in [1.29, 1.82) is 0 Å². The normalized spacial score (nSPS) is 17.0. The van der Waals surface area contributed by atoms with Gasteiger partial charge in [-0.1, -0.05) is 17.7 Å². The lowest BCUT2D eigenvalue weighted by atomic mass is 10.0. The van der Waals surface area contributed by atoms with E-state index in [-0.39, 0.29) is 21.8 Å². The summed E-state index contributed by atoms with van der Waals surface area (Å²) in [4.78, 5) is 48.9. The molecule has 1 aliphatic rings. The highest BCUT2D eigenvalue weighted by Gasteiger charge is 2.67. The van der Waals surface area contributed by atoms with E-state index >= 15 is 0 Å². The SMILES string of the molecule is COC(=O)C(=O)Nc1c(F)ccc(NC(=O)c2cc(NC(=O)[C@H]3[C@H](c4ccc(F)c(C(F)(F)F)c4)C3(Cl)Cl)ccc2Cl)c1F. The molecule has 8 nitrogen and oxygen atoms in total. The first-order valence-corrected chi connectivity index (χ1v) is 13.1. The fourth-order valence-electron chi connectivity index (χ4n) is 4.23. The van der Waals surface area contributed by atoms with Gasteiger partial charge in [-0.25, -0.2) is 18.0 Å². The largest absolute Gasteiger partial charge is 0.462 e. The number of carbonyl (C=O) groups excluding carboxylic acids is 4. The second-order valence-electron chi connectivity index (χ2n) is 9.23. The van der Waals surface area contributed by atoms with Crippen LogP contribution >= 0.6 is 34.8 Å². The highest BCUT2D eigenvalue weighted by molar-refractivity contribution is 6.53. The predicted octanol–water partition coefficient (Wildman–Crippen LogP) is 6.67. The zero-order valence-corrected chi connectivity index (χ0v) is 24.0. The van der Waals surface area contributed by atoms with Gasteiger partial charge < -0.3 is 20.7 Å². The molecule has 0 saturated heterocycles. The van der Waals surface area contributed by atoms with Crippen LogP contribution in [0.15, 0.2) is 48.5 Å². The van der Waals surface area contributed by atoms with Crippen molar-refractivity contribution in [3.8, 4) is 0 Å². The number of amides is 3. The third kappa shape index (κ3) is 6.56. The molecule has 1 aliphatic carbocycles. The number of esters is 1. The van der Waals surface area contributed by atoms with Gasteiger partial charge in [-0.05, 0) is 48.0 Å². The Kier molecular flexibility index (Phi) is 9.10. The average molecular weight is 683 g/mol. The topological polar surface area (TPSA) is 114 Å². The summed E-state index contributed by atoms with van der Waals surface area (Å²) in [6.45, 7) is 0. The molecule has 0 aromatic heterocycles. The Balaban J connectivity index is 1.52. The van der Waals surface area contributed by atoms with Crippen LogP contribution in [0.2, 0.25) is 5.02 Å². The van der Waals surface area contributed by atoms with Crippen LogP contribution in [-0.2, 0) is 25.3 Å². The number of halogens is 9. The van der Waals surface area contributed by atoms with Crippen molar-refractivity contribution in [2.75, 3.05) is 23.1 Å². The third-order valence-electron chi connectivity index (χ3n) is 6.42. The van der Waals surface area contributed by atoms with Gasteiger partial charge in [0.05, 0.1) is 34.9 Å². The first-order chi connectivity index (χ1) is 20.5. The van der Waals surface area contributed by atoms with Crippen molar-refractivity contribution < 1.29 is 50.3 Å². The summed E-state index contributed by atoms with van der Waals surface area (Å²) in [6.07, 6.45) is -5.01. The molecule has 3 aromatic rings. The molecule has 3 amide bonds. The molecule has 0 unspecified atom stereocenters. The van der Waals surface area contributed by atoms with Crippen LogP contribution in [0.1, 0.15) is 27.4 Å². The minimum Gasteiger partial charge on any atom is -0.462 e. The summed E-state index contributed by atoms with van der Waals surface area (Å²) >= 11 is 18.5. The van der Waals surface area contributed by atoms with E-state index in [1.165, 1.54) is 12.1 Å². The Labute approximate surface area is 258 Å². The average Bonchev–Trinajstić information content (AvgIpc) is 3.54. The van der Waals surface area contributed by atoms with Crippen molar-refractivity contribution in [2.45, 2.75) is 16.4 Å². The van der Waals surface area contributed by atoms with Gasteiger partial charge in [0.2, 0.25) is 5.91 Å². The van der Waals surface area contributed by atoms with E-state index < -0.39 is 80.4 Å². The maximum atomic E-state index is 14.9. The van der Waals surface area contributed by atoms with E-state index in [4.69, 9.17) is 34.8 Å². The van der Waals surface area contributed by atoms with Gasteiger partial charge in [0.1, 0.15) is 21.7 Å². The molecule has 1 fully saturated rings. The molecule has 0 bridgehead atoms. The molecule has 4 rings (SSSR count). The first-order valence-electron chi connectivity index (χ1n) is 12.0. The van der Waals surface area contributed by atoms with Crippen LogP contribution in [0.5, 0.6) is 0 Å². The number of hydrogen-bond acceptors (Lipinski definition) is 5. The lowest BCUT2D eigenvalue weighted by molar-refractivity contribution is -0.150. The van der Waals surface area contributed by atoms with Crippen molar-refractivity contribution >= 4 is 75.6 Å². The minimum absolute atomic E-state index is 0.0555. The lowest BCUT2D eigenvalue weighted by Gasteiger charge is -2.13. The molecule has 0 heterocycles. The number of carbonyl (C=O) groups is 4. The van der Waals surface area contributed by atoms with Gasteiger partial charge in [0.25, 0.3) is 5.91 Å². The van der Waals surface area contributed by atoms with Crippen molar-refractivity contribution in [2.24, 2.45) is 5.92 Å². The molecule has 0 aliphatic heterocycles. The number of ether oxygens (including phenoxy) is 1. The van der Waals surface area contributed by atoms with Crippen LogP contribution in [-0.4, -0.2) is 35.1 Å². The Bertz CT molecular complexity index is 1700. The second kappa shape index (κ2) is 12.2. The smallest absolute Gasteiger partial charge is 0.419 e. The molecule has 3 aromatic carbocycles. The van der Waals surface area contributed by atoms with Crippen LogP contribution in [0.4, 0.5) is 43.4 Å². The highest BCUT2D eigenvalue weighted by Crippen LogP contribution is 2.65. The maximum Gasteiger partial charge on any atom is 0.419 e. The highest BCUT2D eigenvalue weighted by atomic mass is 35.5. The van der Waals surface area contributed by atoms with Crippen LogP contribution in [0.25, 0.3) is 0 Å². The monoisotopic (exact) mass is 681 g/mol. The van der Waals surface area contributed by atoms with Gasteiger partial charge in [0, 0.05) is 11.6 Å². The van der Waals surface area contributed by atoms with Crippen molar-refractivity contribution in [3.63, 3.8) is 0 Å². The Hall–Kier alpha value is -4.01. The Morgan fingerprint density at radius 1 is 0.886 bits per heavy atom. The van der Waals surface area contributed by atoms with Gasteiger partial charge in [-0.2, -0.15) is 13.2 Å². The van der Waals surface area contributed by atoms with Crippen LogP contribution < -0.4 is 16.0 Å². The van der Waals surface area contributed by atoms with Crippen LogP contribution in [0, 0.1) is 23.4 Å². The number of methoxy groups -OCH3 is 1. The van der Waals surface area contributed by atoms with Gasteiger partial charge in [-0.15, -0.1) is 23.2 Å². The Morgan fingerprint density at radius 2 is 1.55 bits per heavy atom. The van der Waals surface area contributed by atoms with Gasteiger partial charge in [-0.3, -0.25) is 14.4 Å². The summed E-state index contributed by atoms with van der Waals surface area (Å²) in [7, 11) is 0.870. The van der Waals surface area contributed by atoms with Gasteiger partial charge in [0.15, 0.2) is 5.82 Å². The molecule has 0 radical (unpaired) electrons. The molecule has 17 heteroatoms. The fourth-order valence-corrected chi connectivity index (χ4v) is 5.26. The number of alkyl halides is 5. The maximum absolute atomic E-state index is 14.9. The van der Waals surface area contributed by atoms with Crippen molar-refractivity contribution in [1.82, 2.24) is 0 Å². The number of benzene rings is 3. The quantitative estimate of drug-likeness (QED) is 0.116. The van der Waals surface area contributed by atoms with E-state index in [1.807, 2.05) is 0 Å². The second-order valence-corrected chi connectivity index (χ2v) is 11.1. The third-order valence-corrected chi connectivity index (χ3v) is 7.69. The summed E-state index contributed by atoms with van der Waals surface area (Å²) in [6, 6.07) is 7.15. The van der Waals surface area contributed by atoms with E-state index in [2.05, 4.69) is 15.4 Å². The van der Waals surface area contributed by atoms with Gasteiger partial charge >= 0.3 is 18.1 Å². The molecule has 0 spiro atoms. The standard InChI is InChI=1S/C27H16Cl3F6N3O5/c1-44-25(43)24(42)39-21-16(32)6-7-17(20(21)33)38-22(40)12-9-11(3-4-14(12)28)37-23(41)19-18(26(19,29)30)10-2-5-15(31)13(8-10)27(34,35)36/h2-9,18-19H,1H3,(H,37,41)(H,38,40)(H,39,42)/t18-,19+/m0/s1. The summed E-state index contributed by atoms with van der Waals surface area (Å²) < 4.78 is 84.6. The molecular weight excluding hydrogens is 667 g/mol. The molecule has 2 atom stereocenters. The van der Waals surface area contributed by atoms with Crippen molar-refractivity contribution in [3.05, 3.63) is 87.7 Å². The molecule has 44 heavy (non-hydrogen) atoms. The molecular formula is C27H16Cl3F6N3O5. The number of anilines is 3. The first kappa shape index (κ1) is 32.9. The lowest BCUT2D eigenvalue weighted by Crippen LogP contribution is -2.25. The predicted molar refractivity (Wildman–Crippen MR) is 147 cm³/mol. The number of hydrogen-bond donors (Lipinski definition) is 3. The molecule has 232 valence electrons. The Morgan fingerprint density at radius 3 is 2.18 bits per heavy atom.